The molecule has 0 aliphatic heterocycles. The van der Waals surface area contributed by atoms with Crippen LogP contribution in [0, 0.1) is 0 Å². The summed E-state index contributed by atoms with van der Waals surface area (Å²) in [6.45, 7) is 0. The Morgan fingerprint density at radius 1 is 0.750 bits per heavy atom. The van der Waals surface area contributed by atoms with Gasteiger partial charge in [0.2, 0.25) is 0 Å². The summed E-state index contributed by atoms with van der Waals surface area (Å²) in [7, 11) is 0. The van der Waals surface area contributed by atoms with Gasteiger partial charge < -0.3 is 11.6 Å². The molecule has 0 aliphatic rings. The van der Waals surface area contributed by atoms with Gasteiger partial charge in [-0.05, 0) is 0 Å². The van der Waals surface area contributed by atoms with Crippen molar-refractivity contribution in [2.75, 3.05) is 0 Å². The summed E-state index contributed by atoms with van der Waals surface area (Å²) in [5, 5.41) is 0. The average molecular weight is 243 g/mol. The van der Waals surface area contributed by atoms with E-state index in [2.05, 4.69) is 0 Å². The van der Waals surface area contributed by atoms with Gasteiger partial charge in [-0.1, -0.05) is 0 Å². The molecule has 8 heteroatoms. The van der Waals surface area contributed by atoms with Crippen LogP contribution >= 0.6 is 59.6 Å². The van der Waals surface area contributed by atoms with E-state index in [-0.39, 0.29) is 11.6 Å². The van der Waals surface area contributed by atoms with Crippen molar-refractivity contribution in [3.63, 3.8) is 0 Å². The summed E-state index contributed by atoms with van der Waals surface area (Å²) in [4.78, 5) is 0. The van der Waals surface area contributed by atoms with Crippen molar-refractivity contribution in [2.45, 2.75) is 0 Å². The molecule has 0 aromatic heterocycles. The fourth-order valence-electron chi connectivity index (χ4n) is 0. The molecule has 0 spiro atoms. The van der Waals surface area contributed by atoms with E-state index < -0.39 is 3.37 Å². The summed E-state index contributed by atoms with van der Waals surface area (Å²) in [5.41, 5.74) is 0. The number of hydrogen-bond acceptors (Lipinski definition) is 1. The molecule has 0 bridgehead atoms. The molecule has 0 atom stereocenters. The first-order valence-electron chi connectivity index (χ1n) is 0.845. The van der Waals surface area contributed by atoms with Gasteiger partial charge in [-0.25, -0.2) is 0 Å². The van der Waals surface area contributed by atoms with Crippen LogP contribution in [0.2, 0.25) is 0 Å². The fourth-order valence-corrected chi connectivity index (χ4v) is 0. The van der Waals surface area contributed by atoms with Crippen molar-refractivity contribution < 1.29 is 5.48 Å². The molecule has 56 valence electrons. The van der Waals surface area contributed by atoms with E-state index in [1.165, 1.54) is 0 Å². The van der Waals surface area contributed by atoms with Crippen LogP contribution in [0.25, 0.3) is 0 Å². The first-order chi connectivity index (χ1) is 2.24. The van der Waals surface area contributed by atoms with Gasteiger partial charge in [0.05, 0.1) is 0 Å². The number of rotatable bonds is 0. The number of halogens is 5. The second-order valence-corrected chi connectivity index (χ2v) is 17.2. The van der Waals surface area contributed by atoms with E-state index in [0.29, 0.717) is 0 Å². The molecule has 0 saturated heterocycles. The maximum atomic E-state index is 4.98. The van der Waals surface area contributed by atoms with Crippen molar-refractivity contribution in [3.8, 4) is 0 Å². The molecule has 0 heterocycles. The van der Waals surface area contributed by atoms with Crippen LogP contribution in [-0.4, -0.2) is 5.48 Å². The third kappa shape index (κ3) is 111. The van der Waals surface area contributed by atoms with Crippen LogP contribution in [0.3, 0.4) is 0 Å². The van der Waals surface area contributed by atoms with Crippen molar-refractivity contribution in [2.24, 2.45) is 0 Å². The largest absolute Gasteiger partial charge is 0.412 e. The van der Waals surface area contributed by atoms with E-state index in [4.69, 9.17) is 56.2 Å². The number of hydrogen-bond donors (Lipinski definition) is 1. The average Bonchev–Trinajstić information content (AvgIpc) is 0.650. The Bertz CT molecular complexity index is 45.6. The van der Waals surface area contributed by atoms with Crippen LogP contribution in [0.1, 0.15) is 0 Å². The van der Waals surface area contributed by atoms with Gasteiger partial charge >= 0.3 is 59.6 Å². The quantitative estimate of drug-likeness (QED) is 0.648. The molecule has 0 unspecified atom stereocenters. The zero-order valence-corrected chi connectivity index (χ0v) is 8.22. The van der Waals surface area contributed by atoms with Crippen LogP contribution in [0.15, 0.2) is 0 Å². The van der Waals surface area contributed by atoms with Gasteiger partial charge in [0, 0.05) is 0 Å². The molecule has 8 heavy (non-hydrogen) atoms. The SMILES string of the molecule is ClP(Cl)(Cl)(Cl)Cl.N.O. The summed E-state index contributed by atoms with van der Waals surface area (Å²) in [5.74, 6) is 0. The van der Waals surface area contributed by atoms with Gasteiger partial charge in [-0.2, -0.15) is 0 Å². The zero-order chi connectivity index (χ0) is 5.45. The second-order valence-electron chi connectivity index (χ2n) is 0.639. The monoisotopic (exact) mass is 241 g/mol. The standard InChI is InChI=1S/Cl5P.H3N.H2O/c1-6(2,3,4)5;;/h;1H3;1H2. The first kappa shape index (κ1) is 16.4. The summed E-state index contributed by atoms with van der Waals surface area (Å²) in [6, 6.07) is 0. The third-order valence-electron chi connectivity index (χ3n) is 0. The van der Waals surface area contributed by atoms with E-state index in [1.807, 2.05) is 0 Å². The normalized spacial score (nSPS) is 14.4. The Morgan fingerprint density at radius 2 is 0.750 bits per heavy atom. The Hall–Kier alpha value is 1.80. The van der Waals surface area contributed by atoms with Crippen LogP contribution < -0.4 is 6.15 Å². The van der Waals surface area contributed by atoms with E-state index in [0.717, 1.165) is 0 Å². The molecule has 0 aromatic rings. The minimum Gasteiger partial charge on any atom is -0.412 e. The molecule has 0 aromatic carbocycles. The van der Waals surface area contributed by atoms with Crippen LogP contribution in [0.5, 0.6) is 0 Å². The maximum absolute atomic E-state index is 4.98. The molecule has 0 saturated carbocycles. The third-order valence-corrected chi connectivity index (χ3v) is 0. The van der Waals surface area contributed by atoms with E-state index in [9.17, 15) is 0 Å². The van der Waals surface area contributed by atoms with Crippen molar-refractivity contribution in [3.05, 3.63) is 0 Å². The molecular weight excluding hydrogens is 238 g/mol. The zero-order valence-electron chi connectivity index (χ0n) is 3.54. The van der Waals surface area contributed by atoms with Gasteiger partial charge in [0.25, 0.3) is 0 Å². The molecule has 0 rings (SSSR count). The second kappa shape index (κ2) is 3.85. The van der Waals surface area contributed by atoms with Gasteiger partial charge in [-0.15, -0.1) is 0 Å². The Balaban J connectivity index is -0.000000125. The Kier molecular flexibility index (Phi) is 7.89. The van der Waals surface area contributed by atoms with Gasteiger partial charge in [0.15, 0.2) is 0 Å². The van der Waals surface area contributed by atoms with E-state index >= 15 is 0 Å². The van der Waals surface area contributed by atoms with Crippen molar-refractivity contribution in [1.29, 1.82) is 0 Å². The summed E-state index contributed by atoms with van der Waals surface area (Å²) >= 11 is 24.9. The van der Waals surface area contributed by atoms with Gasteiger partial charge in [-0.3, -0.25) is 0 Å². The predicted octanol–water partition coefficient (Wildman–Crippen LogP) is 3.65. The van der Waals surface area contributed by atoms with Crippen molar-refractivity contribution in [1.82, 2.24) is 6.15 Å². The molecule has 0 fully saturated rings. The first-order valence-corrected chi connectivity index (χ1v) is 7.61. The molecule has 5 N–H and O–H groups in total. The Morgan fingerprint density at radius 3 is 0.750 bits per heavy atom. The Labute approximate surface area is 71.1 Å². The van der Waals surface area contributed by atoms with Crippen LogP contribution in [-0.2, 0) is 0 Å². The smallest absolute Gasteiger partial charge is 0.344 e. The maximum Gasteiger partial charge on any atom is -0.344 e. The fraction of sp³-hybridized carbons (Fsp3) is 0. The van der Waals surface area contributed by atoms with Gasteiger partial charge in [0.1, 0.15) is 0 Å². The molecule has 2 nitrogen and oxygen atoms in total. The molecule has 0 amide bonds. The van der Waals surface area contributed by atoms with E-state index in [1.54, 1.807) is 0 Å². The molecular formula is H5Cl5NOP. The minimum absolute atomic E-state index is 0. The summed E-state index contributed by atoms with van der Waals surface area (Å²) in [6.07, 6.45) is 0. The van der Waals surface area contributed by atoms with Crippen molar-refractivity contribution >= 4 is 59.6 Å². The summed E-state index contributed by atoms with van der Waals surface area (Å²) < 4.78 is -3.69. The topological polar surface area (TPSA) is 66.5 Å². The van der Waals surface area contributed by atoms with Crippen LogP contribution in [0.4, 0.5) is 0 Å². The molecule has 0 aliphatic carbocycles. The minimum atomic E-state index is -3.69. The predicted molar refractivity (Wildman–Crippen MR) is 44.8 cm³/mol. The molecule has 0 radical (unpaired) electrons.